The minimum Gasteiger partial charge on any atom is -0.311 e. The SMILES string of the molecule is Cc1cc(C)cc(-c2ccc(-c3cccc(-c4ccc(N(c5ccc(-c6ccccc6)cc5)c5ccc(-c6ccc(N(c7ccc(-c8ccccc8)cc7)c7ccc(-c8ccccc8)cc7)cc6)cc5)cc4)c3)cc2)c1. The van der Waals surface area contributed by atoms with Gasteiger partial charge in [0.15, 0.2) is 0 Å². The predicted octanol–water partition coefficient (Wildman–Crippen LogP) is 20.9. The summed E-state index contributed by atoms with van der Waals surface area (Å²) >= 11 is 0. The largest absolute Gasteiger partial charge is 0.311 e. The molecule has 2 nitrogen and oxygen atoms in total. The van der Waals surface area contributed by atoms with E-state index in [0.29, 0.717) is 0 Å². The van der Waals surface area contributed by atoms with Gasteiger partial charge < -0.3 is 9.80 Å². The highest BCUT2D eigenvalue weighted by molar-refractivity contribution is 5.84. The molecule has 0 unspecified atom stereocenters. The first kappa shape index (κ1) is 47.3. The van der Waals surface area contributed by atoms with Crippen LogP contribution in [0.1, 0.15) is 11.1 Å². The lowest BCUT2D eigenvalue weighted by Gasteiger charge is -2.27. The third-order valence-corrected chi connectivity index (χ3v) is 14.4. The molecule has 76 heavy (non-hydrogen) atoms. The predicted molar refractivity (Wildman–Crippen MR) is 323 cm³/mol. The van der Waals surface area contributed by atoms with Crippen molar-refractivity contribution in [3.63, 3.8) is 0 Å². The van der Waals surface area contributed by atoms with Crippen molar-refractivity contribution >= 4 is 34.1 Å². The summed E-state index contributed by atoms with van der Waals surface area (Å²) in [6, 6.07) is 110. The van der Waals surface area contributed by atoms with Gasteiger partial charge >= 0.3 is 0 Å². The Hall–Kier alpha value is -9.76. The molecule has 12 aromatic rings. The van der Waals surface area contributed by atoms with E-state index < -0.39 is 0 Å². The van der Waals surface area contributed by atoms with Gasteiger partial charge in [0.05, 0.1) is 0 Å². The summed E-state index contributed by atoms with van der Waals surface area (Å²) in [4.78, 5) is 4.69. The first-order valence-corrected chi connectivity index (χ1v) is 26.1. The molecule has 0 fully saturated rings. The van der Waals surface area contributed by atoms with Crippen molar-refractivity contribution in [2.24, 2.45) is 0 Å². The lowest BCUT2D eigenvalue weighted by atomic mass is 9.96. The van der Waals surface area contributed by atoms with E-state index in [0.717, 1.165) is 45.3 Å². The molecule has 0 spiro atoms. The first-order chi connectivity index (χ1) is 37.5. The van der Waals surface area contributed by atoms with Crippen LogP contribution < -0.4 is 9.80 Å². The molecule has 0 aliphatic heterocycles. The van der Waals surface area contributed by atoms with Gasteiger partial charge in [-0.1, -0.05) is 236 Å². The molecule has 0 bridgehead atoms. The quantitative estimate of drug-likeness (QED) is 0.114. The Labute approximate surface area is 447 Å². The van der Waals surface area contributed by atoms with Crippen LogP contribution in [0.2, 0.25) is 0 Å². The maximum Gasteiger partial charge on any atom is 0.0462 e. The summed E-state index contributed by atoms with van der Waals surface area (Å²) in [5.41, 5.74) is 25.8. The molecular formula is C74H56N2. The fourth-order valence-corrected chi connectivity index (χ4v) is 10.5. The number of hydrogen-bond acceptors (Lipinski definition) is 2. The van der Waals surface area contributed by atoms with Crippen molar-refractivity contribution in [2.45, 2.75) is 13.8 Å². The van der Waals surface area contributed by atoms with Gasteiger partial charge in [0.1, 0.15) is 0 Å². The van der Waals surface area contributed by atoms with Crippen LogP contribution in [0.4, 0.5) is 34.1 Å². The van der Waals surface area contributed by atoms with Gasteiger partial charge in [0, 0.05) is 34.1 Å². The second-order valence-electron chi connectivity index (χ2n) is 19.6. The molecule has 0 radical (unpaired) electrons. The van der Waals surface area contributed by atoms with Gasteiger partial charge in [0.2, 0.25) is 0 Å². The molecule has 0 heterocycles. The van der Waals surface area contributed by atoms with Crippen molar-refractivity contribution in [3.8, 4) is 77.9 Å². The lowest BCUT2D eigenvalue weighted by molar-refractivity contribution is 1.28. The molecule has 2 heteroatoms. The topological polar surface area (TPSA) is 6.48 Å². The summed E-state index contributed by atoms with van der Waals surface area (Å²) in [5.74, 6) is 0. The molecule has 0 amide bonds. The highest BCUT2D eigenvalue weighted by atomic mass is 15.1. The summed E-state index contributed by atoms with van der Waals surface area (Å²) in [6.45, 7) is 4.33. The van der Waals surface area contributed by atoms with E-state index in [4.69, 9.17) is 0 Å². The maximum absolute atomic E-state index is 2.35. The van der Waals surface area contributed by atoms with Crippen LogP contribution in [-0.4, -0.2) is 0 Å². The van der Waals surface area contributed by atoms with Crippen molar-refractivity contribution in [2.75, 3.05) is 9.80 Å². The molecule has 12 aromatic carbocycles. The Balaban J connectivity index is 0.832. The monoisotopic (exact) mass is 972 g/mol. The molecule has 0 saturated heterocycles. The molecule has 0 saturated carbocycles. The van der Waals surface area contributed by atoms with E-state index in [1.807, 2.05) is 0 Å². The molecule has 0 aliphatic rings. The minimum atomic E-state index is 1.08. The van der Waals surface area contributed by atoms with Crippen LogP contribution in [0, 0.1) is 13.8 Å². The van der Waals surface area contributed by atoms with E-state index in [1.54, 1.807) is 0 Å². The second-order valence-corrected chi connectivity index (χ2v) is 19.6. The summed E-state index contributed by atoms with van der Waals surface area (Å²) in [7, 11) is 0. The highest BCUT2D eigenvalue weighted by Crippen LogP contribution is 2.41. The molecule has 0 N–H and O–H groups in total. The number of aryl methyl sites for hydroxylation is 2. The van der Waals surface area contributed by atoms with Crippen LogP contribution in [-0.2, 0) is 0 Å². The number of nitrogens with zero attached hydrogens (tertiary/aromatic N) is 2. The number of benzene rings is 12. The van der Waals surface area contributed by atoms with Crippen LogP contribution in [0.3, 0.4) is 0 Å². The lowest BCUT2D eigenvalue weighted by Crippen LogP contribution is -2.10. The zero-order valence-electron chi connectivity index (χ0n) is 42.8. The molecule has 0 aliphatic carbocycles. The minimum absolute atomic E-state index is 1.08. The standard InChI is InChI=1S/C74H56N2/c1-53-49-54(2)51-68(50-53)65-23-21-63(22-24-65)66-19-12-20-67(52-66)64-35-47-74(48-36-64)76(71-41-29-60(30-42-71)57-17-10-5-11-18-57)73-45-33-62(34-46-73)61-31-43-72(44-32-61)75(69-37-25-58(26-38-69)55-13-6-3-7-14-55)70-39-27-59(28-40-70)56-15-8-4-9-16-56/h3-52H,1-2H3. The van der Waals surface area contributed by atoms with Crippen LogP contribution in [0.25, 0.3) is 77.9 Å². The van der Waals surface area contributed by atoms with Gasteiger partial charge in [0.25, 0.3) is 0 Å². The Morgan fingerprint density at radius 2 is 0.355 bits per heavy atom. The van der Waals surface area contributed by atoms with E-state index >= 15 is 0 Å². The maximum atomic E-state index is 2.35. The van der Waals surface area contributed by atoms with E-state index in [-0.39, 0.29) is 0 Å². The first-order valence-electron chi connectivity index (χ1n) is 26.1. The average Bonchev–Trinajstić information content (AvgIpc) is 3.50. The molecule has 362 valence electrons. The van der Waals surface area contributed by atoms with Gasteiger partial charge in [-0.3, -0.25) is 0 Å². The summed E-state index contributed by atoms with van der Waals surface area (Å²) in [5, 5.41) is 0. The average molecular weight is 973 g/mol. The number of anilines is 6. The van der Waals surface area contributed by atoms with Gasteiger partial charge in [-0.25, -0.2) is 0 Å². The molecule has 0 atom stereocenters. The van der Waals surface area contributed by atoms with Gasteiger partial charge in [-0.15, -0.1) is 0 Å². The zero-order valence-corrected chi connectivity index (χ0v) is 42.8. The van der Waals surface area contributed by atoms with Crippen LogP contribution in [0.15, 0.2) is 303 Å². The van der Waals surface area contributed by atoms with Crippen LogP contribution >= 0.6 is 0 Å². The van der Waals surface area contributed by atoms with Gasteiger partial charge in [-0.05, 0) is 171 Å². The fourth-order valence-electron chi connectivity index (χ4n) is 10.5. The number of rotatable bonds is 13. The van der Waals surface area contributed by atoms with Crippen molar-refractivity contribution in [1.82, 2.24) is 0 Å². The molecule has 0 aromatic heterocycles. The third kappa shape index (κ3) is 10.3. The Morgan fingerprint density at radius 1 is 0.158 bits per heavy atom. The van der Waals surface area contributed by atoms with E-state index in [1.165, 1.54) is 77.9 Å². The zero-order chi connectivity index (χ0) is 51.2. The smallest absolute Gasteiger partial charge is 0.0462 e. The Morgan fingerprint density at radius 3 is 0.618 bits per heavy atom. The summed E-state index contributed by atoms with van der Waals surface area (Å²) < 4.78 is 0. The third-order valence-electron chi connectivity index (χ3n) is 14.4. The van der Waals surface area contributed by atoms with Crippen molar-refractivity contribution in [1.29, 1.82) is 0 Å². The highest BCUT2D eigenvalue weighted by Gasteiger charge is 2.17. The van der Waals surface area contributed by atoms with E-state index in [2.05, 4.69) is 327 Å². The normalized spacial score (nSPS) is 11.0. The van der Waals surface area contributed by atoms with Crippen molar-refractivity contribution in [3.05, 3.63) is 314 Å². The van der Waals surface area contributed by atoms with Gasteiger partial charge in [-0.2, -0.15) is 0 Å². The second kappa shape index (κ2) is 21.4. The number of hydrogen-bond donors (Lipinski definition) is 0. The van der Waals surface area contributed by atoms with E-state index in [9.17, 15) is 0 Å². The summed E-state index contributed by atoms with van der Waals surface area (Å²) in [6.07, 6.45) is 0. The van der Waals surface area contributed by atoms with Crippen LogP contribution in [0.5, 0.6) is 0 Å². The van der Waals surface area contributed by atoms with Crippen molar-refractivity contribution < 1.29 is 0 Å². The molecular weight excluding hydrogens is 917 g/mol. The molecule has 12 rings (SSSR count). The Bertz CT molecular complexity index is 3750. The Kier molecular flexibility index (Phi) is 13.3. The fraction of sp³-hybridized carbons (Fsp3) is 0.0270.